The molecule has 1 aromatic heterocycles. The van der Waals surface area contributed by atoms with Gasteiger partial charge in [-0.15, -0.1) is 11.3 Å². The molecule has 0 aliphatic carbocycles. The Kier molecular flexibility index (Phi) is 5.84. The molecule has 0 amide bonds. The lowest BCUT2D eigenvalue weighted by Crippen LogP contribution is -2.59. The molecule has 1 aromatic carbocycles. The number of morpholine rings is 1. The van der Waals surface area contributed by atoms with Crippen LogP contribution in [0.2, 0.25) is 0 Å². The van der Waals surface area contributed by atoms with Gasteiger partial charge in [-0.1, -0.05) is 18.2 Å². The summed E-state index contributed by atoms with van der Waals surface area (Å²) in [6.45, 7) is 7.62. The monoisotopic (exact) mass is 477 g/mol. The van der Waals surface area contributed by atoms with Gasteiger partial charge in [-0.3, -0.25) is 4.90 Å². The molecule has 2 bridgehead atoms. The SMILES string of the molecule is CC(C)(O)c1ccc(N2CCN(S(=O)(=O)c3cccs3)CC2CN2C[C@H]3C[C@@H]2CO3)cc1. The van der Waals surface area contributed by atoms with Gasteiger partial charge in [0, 0.05) is 44.5 Å². The van der Waals surface area contributed by atoms with Crippen molar-refractivity contribution in [1.82, 2.24) is 9.21 Å². The lowest BCUT2D eigenvalue weighted by atomic mass is 9.98. The number of sulfonamides is 1. The first kappa shape index (κ1) is 22.3. The number of aliphatic hydroxyl groups is 1. The van der Waals surface area contributed by atoms with Gasteiger partial charge < -0.3 is 14.7 Å². The number of hydrogen-bond acceptors (Lipinski definition) is 7. The number of piperazine rings is 1. The molecule has 7 nitrogen and oxygen atoms in total. The Morgan fingerprint density at radius 1 is 1.16 bits per heavy atom. The standard InChI is InChI=1S/C23H31N3O4S2/c1-23(2,27)17-5-7-18(8-6-17)26-10-9-25(32(28,29)22-4-3-11-31-22)14-20(26)13-24-15-21-12-19(24)16-30-21/h3-8,11,19-21,27H,9-10,12-16H2,1-2H3/t19-,20?,21-/m1/s1. The minimum atomic E-state index is -3.48. The first-order valence-corrected chi connectivity index (χ1v) is 13.5. The van der Waals surface area contributed by atoms with Crippen molar-refractivity contribution in [2.75, 3.05) is 44.2 Å². The minimum absolute atomic E-state index is 0.0471. The molecule has 0 radical (unpaired) electrons. The van der Waals surface area contributed by atoms with Gasteiger partial charge in [-0.05, 0) is 49.4 Å². The second-order valence-electron chi connectivity index (χ2n) is 9.55. The molecule has 1 unspecified atom stereocenters. The number of likely N-dealkylation sites (tertiary alicyclic amines) is 1. The van der Waals surface area contributed by atoms with Crippen LogP contribution < -0.4 is 4.90 Å². The van der Waals surface area contributed by atoms with E-state index in [0.717, 1.165) is 37.4 Å². The van der Waals surface area contributed by atoms with Gasteiger partial charge in [0.1, 0.15) is 4.21 Å². The van der Waals surface area contributed by atoms with Crippen molar-refractivity contribution < 1.29 is 18.3 Å². The van der Waals surface area contributed by atoms with Crippen molar-refractivity contribution in [2.45, 2.75) is 48.3 Å². The van der Waals surface area contributed by atoms with Gasteiger partial charge >= 0.3 is 0 Å². The van der Waals surface area contributed by atoms with E-state index >= 15 is 0 Å². The van der Waals surface area contributed by atoms with E-state index in [1.54, 1.807) is 30.3 Å². The molecule has 3 saturated heterocycles. The number of rotatable bonds is 6. The summed E-state index contributed by atoms with van der Waals surface area (Å²) in [5, 5.41) is 12.1. The Morgan fingerprint density at radius 2 is 1.94 bits per heavy atom. The highest BCUT2D eigenvalue weighted by Gasteiger charge is 2.42. The first-order valence-electron chi connectivity index (χ1n) is 11.2. The van der Waals surface area contributed by atoms with Gasteiger partial charge in [0.2, 0.25) is 0 Å². The van der Waals surface area contributed by atoms with Crippen LogP contribution in [-0.4, -0.2) is 80.2 Å². The Balaban J connectivity index is 1.40. The lowest BCUT2D eigenvalue weighted by Gasteiger charge is -2.44. The topological polar surface area (TPSA) is 73.3 Å². The first-order chi connectivity index (χ1) is 15.2. The third kappa shape index (κ3) is 4.22. The quantitative estimate of drug-likeness (QED) is 0.689. The molecule has 32 heavy (non-hydrogen) atoms. The average Bonchev–Trinajstić information content (AvgIpc) is 3.52. The summed E-state index contributed by atoms with van der Waals surface area (Å²) in [6.07, 6.45) is 1.39. The molecule has 3 atom stereocenters. The second-order valence-corrected chi connectivity index (χ2v) is 12.7. The van der Waals surface area contributed by atoms with Gasteiger partial charge in [-0.2, -0.15) is 4.31 Å². The summed E-state index contributed by atoms with van der Waals surface area (Å²) in [5.74, 6) is 0. The Morgan fingerprint density at radius 3 is 2.53 bits per heavy atom. The zero-order chi connectivity index (χ0) is 22.5. The van der Waals surface area contributed by atoms with Crippen LogP contribution in [0.25, 0.3) is 0 Å². The maximum absolute atomic E-state index is 13.2. The van der Waals surface area contributed by atoms with Gasteiger partial charge in [0.05, 0.1) is 24.4 Å². The van der Waals surface area contributed by atoms with Crippen LogP contribution in [0.5, 0.6) is 0 Å². The molecule has 3 fully saturated rings. The zero-order valence-corrected chi connectivity index (χ0v) is 20.2. The smallest absolute Gasteiger partial charge is 0.252 e. The summed E-state index contributed by atoms with van der Waals surface area (Å²) < 4.78 is 34.3. The molecule has 0 spiro atoms. The molecule has 2 aromatic rings. The summed E-state index contributed by atoms with van der Waals surface area (Å²) in [5.41, 5.74) is 1.04. The third-order valence-electron chi connectivity index (χ3n) is 6.90. The van der Waals surface area contributed by atoms with Crippen molar-refractivity contribution in [2.24, 2.45) is 0 Å². The molecule has 174 valence electrons. The van der Waals surface area contributed by atoms with Gasteiger partial charge in [0.15, 0.2) is 0 Å². The number of fused-ring (bicyclic) bond motifs is 2. The highest BCUT2D eigenvalue weighted by atomic mass is 32.2. The summed E-state index contributed by atoms with van der Waals surface area (Å²) in [7, 11) is -3.48. The Hall–Kier alpha value is -1.49. The zero-order valence-electron chi connectivity index (χ0n) is 18.6. The number of ether oxygens (including phenoxy) is 1. The van der Waals surface area contributed by atoms with Crippen LogP contribution in [0.1, 0.15) is 25.8 Å². The predicted molar refractivity (Wildman–Crippen MR) is 126 cm³/mol. The molecular formula is C23H31N3O4S2. The van der Waals surface area contributed by atoms with Gasteiger partial charge in [-0.25, -0.2) is 8.42 Å². The van der Waals surface area contributed by atoms with E-state index in [1.807, 2.05) is 29.6 Å². The van der Waals surface area contributed by atoms with Crippen LogP contribution in [0.4, 0.5) is 5.69 Å². The van der Waals surface area contributed by atoms with E-state index in [9.17, 15) is 13.5 Å². The van der Waals surface area contributed by atoms with E-state index in [1.165, 1.54) is 11.3 Å². The van der Waals surface area contributed by atoms with E-state index in [-0.39, 0.29) is 6.04 Å². The van der Waals surface area contributed by atoms with E-state index in [4.69, 9.17) is 4.74 Å². The van der Waals surface area contributed by atoms with E-state index in [0.29, 0.717) is 36.0 Å². The van der Waals surface area contributed by atoms with Crippen LogP contribution in [0.3, 0.4) is 0 Å². The molecule has 9 heteroatoms. The minimum Gasteiger partial charge on any atom is -0.386 e. The second kappa shape index (κ2) is 8.38. The Labute approximate surface area is 194 Å². The molecule has 4 heterocycles. The largest absolute Gasteiger partial charge is 0.386 e. The van der Waals surface area contributed by atoms with Crippen LogP contribution in [-0.2, 0) is 20.4 Å². The molecule has 0 saturated carbocycles. The van der Waals surface area contributed by atoms with E-state index < -0.39 is 15.6 Å². The highest BCUT2D eigenvalue weighted by molar-refractivity contribution is 7.91. The van der Waals surface area contributed by atoms with Gasteiger partial charge in [0.25, 0.3) is 10.0 Å². The van der Waals surface area contributed by atoms with Crippen molar-refractivity contribution in [1.29, 1.82) is 0 Å². The fourth-order valence-electron chi connectivity index (χ4n) is 5.11. The summed E-state index contributed by atoms with van der Waals surface area (Å²) >= 11 is 1.27. The summed E-state index contributed by atoms with van der Waals surface area (Å²) in [4.78, 5) is 4.81. The van der Waals surface area contributed by atoms with Crippen LogP contribution >= 0.6 is 11.3 Å². The number of nitrogens with zero attached hydrogens (tertiary/aromatic N) is 3. The van der Waals surface area contributed by atoms with Crippen molar-refractivity contribution in [3.8, 4) is 0 Å². The third-order valence-corrected chi connectivity index (χ3v) is 10.1. The van der Waals surface area contributed by atoms with Crippen molar-refractivity contribution >= 4 is 27.0 Å². The lowest BCUT2D eigenvalue weighted by molar-refractivity contribution is 0.0266. The normalized spacial score (nSPS) is 27.3. The maximum Gasteiger partial charge on any atom is 0.252 e. The molecule has 5 rings (SSSR count). The molecule has 3 aliphatic rings. The number of thiophene rings is 1. The fraction of sp³-hybridized carbons (Fsp3) is 0.565. The van der Waals surface area contributed by atoms with E-state index in [2.05, 4.69) is 9.80 Å². The maximum atomic E-state index is 13.2. The highest BCUT2D eigenvalue weighted by Crippen LogP contribution is 2.32. The summed E-state index contributed by atoms with van der Waals surface area (Å²) in [6, 6.07) is 12.0. The Bertz CT molecular complexity index is 1030. The van der Waals surface area contributed by atoms with Crippen molar-refractivity contribution in [3.63, 3.8) is 0 Å². The molecule has 3 aliphatic heterocycles. The average molecular weight is 478 g/mol. The fourth-order valence-corrected chi connectivity index (χ4v) is 7.73. The van der Waals surface area contributed by atoms with Crippen LogP contribution in [0.15, 0.2) is 46.0 Å². The predicted octanol–water partition coefficient (Wildman–Crippen LogP) is 2.33. The van der Waals surface area contributed by atoms with Crippen molar-refractivity contribution in [3.05, 3.63) is 47.3 Å². The molecule has 1 N–H and O–H groups in total. The van der Waals surface area contributed by atoms with Crippen LogP contribution in [0, 0.1) is 0 Å². The number of hydrogen-bond donors (Lipinski definition) is 1. The number of benzene rings is 1. The number of anilines is 1. The molecular weight excluding hydrogens is 446 g/mol.